The highest BCUT2D eigenvalue weighted by atomic mass is 14.9. The van der Waals surface area contributed by atoms with Crippen LogP contribution in [-0.2, 0) is 36.8 Å². The molecule has 2 heterocycles. The molecule has 6 rings (SSSR count). The van der Waals surface area contributed by atoms with E-state index in [-0.39, 0.29) is 10.8 Å². The summed E-state index contributed by atoms with van der Waals surface area (Å²) in [5, 5.41) is 6.82. The SMILES string of the molecule is C1CCC(C2CCCCC2)CC1.CC.CC.CC.CC.CC.CC.CC.CC(C)(C)C.CC(C)(C)c1ccc2c(c1)CCNC2.CC(C)(C)c1ccc2c(c1)CNCC2. The molecule has 4 aliphatic rings. The molecule has 2 aromatic rings. The number of rotatable bonds is 1. The Bertz CT molecular complexity index is 1040. The Morgan fingerprint density at radius 1 is 0.373 bits per heavy atom. The predicted octanol–water partition coefficient (Wildman–Crippen LogP) is 18.6. The van der Waals surface area contributed by atoms with Crippen molar-refractivity contribution in [2.45, 2.75) is 267 Å². The van der Waals surface area contributed by atoms with Crippen LogP contribution in [0.25, 0.3) is 0 Å². The molecule has 0 bridgehead atoms. The minimum Gasteiger partial charge on any atom is -0.312 e. The van der Waals surface area contributed by atoms with Gasteiger partial charge in [-0.1, -0.05) is 267 Å². The first-order valence-corrected chi connectivity index (χ1v) is 25.8. The van der Waals surface area contributed by atoms with E-state index in [0.29, 0.717) is 5.41 Å². The van der Waals surface area contributed by atoms with Gasteiger partial charge in [-0.15, -0.1) is 0 Å². The first-order chi connectivity index (χ1) is 28.1. The molecule has 352 valence electrons. The summed E-state index contributed by atoms with van der Waals surface area (Å²) in [4.78, 5) is 0. The fourth-order valence-corrected chi connectivity index (χ4v) is 7.10. The van der Waals surface area contributed by atoms with Gasteiger partial charge in [0.1, 0.15) is 0 Å². The van der Waals surface area contributed by atoms with E-state index in [2.05, 4.69) is 116 Å². The Hall–Kier alpha value is -1.64. The van der Waals surface area contributed by atoms with E-state index in [9.17, 15) is 0 Å². The Labute approximate surface area is 376 Å². The highest BCUT2D eigenvalue weighted by molar-refractivity contribution is 5.37. The van der Waals surface area contributed by atoms with E-state index in [1.165, 1.54) is 84.7 Å². The lowest BCUT2D eigenvalue weighted by atomic mass is 9.73. The molecular weight excluding hydrogens is 713 g/mol. The van der Waals surface area contributed by atoms with Crippen molar-refractivity contribution in [1.29, 1.82) is 0 Å². The molecule has 2 saturated carbocycles. The Balaban J connectivity index is -0.000000205. The average Bonchev–Trinajstić information content (AvgIpc) is 3.28. The highest BCUT2D eigenvalue weighted by Crippen LogP contribution is 2.38. The van der Waals surface area contributed by atoms with Gasteiger partial charge in [-0.25, -0.2) is 0 Å². The third-order valence-corrected chi connectivity index (χ3v) is 9.88. The molecule has 0 atom stereocenters. The van der Waals surface area contributed by atoms with E-state index >= 15 is 0 Å². The Morgan fingerprint density at radius 3 is 1.00 bits per heavy atom. The molecule has 0 spiro atoms. The zero-order valence-electron chi connectivity index (χ0n) is 45.4. The maximum absolute atomic E-state index is 3.42. The number of hydrogen-bond acceptors (Lipinski definition) is 2. The minimum absolute atomic E-state index is 0.270. The van der Waals surface area contributed by atoms with Gasteiger partial charge >= 0.3 is 0 Å². The number of fused-ring (bicyclic) bond motifs is 2. The van der Waals surface area contributed by atoms with Crippen molar-refractivity contribution >= 4 is 0 Å². The van der Waals surface area contributed by atoms with E-state index in [0.717, 1.165) is 38.0 Å². The lowest BCUT2D eigenvalue weighted by Crippen LogP contribution is -2.24. The molecule has 2 heteroatoms. The standard InChI is InChI=1S/2C13H19N.C12H22.C5H12.7C2H6/c1-13(2,3)12-5-4-11-9-14-7-6-10(11)8-12;1-13(2,3)12-5-4-10-6-7-14-9-11(10)8-12;1-3-7-11(8-4-1)12-9-5-2-6-10-12;1-5(2,3)4;7*1-2/h2*4-5,8,14H,6-7,9H2,1-3H3;11-12H,1-10H2;1-4H3;7*1-2H3. The summed E-state index contributed by atoms with van der Waals surface area (Å²) in [6.07, 6.45) is 17.8. The van der Waals surface area contributed by atoms with Crippen molar-refractivity contribution in [3.8, 4) is 0 Å². The zero-order valence-corrected chi connectivity index (χ0v) is 45.4. The molecule has 0 aromatic heterocycles. The van der Waals surface area contributed by atoms with Crippen molar-refractivity contribution in [2.24, 2.45) is 17.3 Å². The predicted molar refractivity (Wildman–Crippen MR) is 279 cm³/mol. The second-order valence-corrected chi connectivity index (χ2v) is 18.1. The van der Waals surface area contributed by atoms with Gasteiger partial charge < -0.3 is 10.6 Å². The third-order valence-electron chi connectivity index (χ3n) is 9.88. The van der Waals surface area contributed by atoms with Crippen LogP contribution in [0.15, 0.2) is 36.4 Å². The largest absolute Gasteiger partial charge is 0.312 e. The first kappa shape index (κ1) is 66.5. The number of hydrogen-bond donors (Lipinski definition) is 2. The molecule has 2 nitrogen and oxygen atoms in total. The van der Waals surface area contributed by atoms with E-state index < -0.39 is 0 Å². The Morgan fingerprint density at radius 2 is 0.661 bits per heavy atom. The average molecular weight is 828 g/mol. The van der Waals surface area contributed by atoms with Gasteiger partial charge in [-0.3, -0.25) is 0 Å². The summed E-state index contributed by atoms with van der Waals surface area (Å²) in [5.74, 6) is 2.28. The second kappa shape index (κ2) is 41.7. The molecule has 0 saturated heterocycles. The van der Waals surface area contributed by atoms with Gasteiger partial charge in [-0.2, -0.15) is 0 Å². The van der Waals surface area contributed by atoms with Crippen LogP contribution in [0.1, 0.15) is 264 Å². The van der Waals surface area contributed by atoms with Crippen molar-refractivity contribution in [3.05, 3.63) is 69.8 Å². The van der Waals surface area contributed by atoms with Crippen molar-refractivity contribution in [2.75, 3.05) is 13.1 Å². The lowest BCUT2D eigenvalue weighted by molar-refractivity contribution is 0.196. The Kier molecular flexibility index (Phi) is 47.0. The zero-order chi connectivity index (χ0) is 47.1. The molecule has 2 fully saturated rings. The van der Waals surface area contributed by atoms with Crippen LogP contribution in [0.4, 0.5) is 0 Å². The topological polar surface area (TPSA) is 24.1 Å². The lowest BCUT2D eigenvalue weighted by Gasteiger charge is -2.32. The molecule has 0 unspecified atom stereocenters. The van der Waals surface area contributed by atoms with Gasteiger partial charge in [0.25, 0.3) is 0 Å². The number of nitrogens with one attached hydrogen (secondary N) is 2. The van der Waals surface area contributed by atoms with Crippen molar-refractivity contribution in [3.63, 3.8) is 0 Å². The molecule has 2 N–H and O–H groups in total. The van der Waals surface area contributed by atoms with Crippen LogP contribution in [-0.4, -0.2) is 13.1 Å². The highest BCUT2D eigenvalue weighted by Gasteiger charge is 2.24. The van der Waals surface area contributed by atoms with Crippen LogP contribution in [0.2, 0.25) is 0 Å². The third kappa shape index (κ3) is 33.6. The smallest absolute Gasteiger partial charge is 0.0208 e. The fraction of sp³-hybridized carbons (Fsp3) is 0.789. The normalized spacial score (nSPS) is 15.5. The van der Waals surface area contributed by atoms with Crippen molar-refractivity contribution in [1.82, 2.24) is 10.6 Å². The van der Waals surface area contributed by atoms with Crippen LogP contribution in [0.3, 0.4) is 0 Å². The van der Waals surface area contributed by atoms with E-state index in [4.69, 9.17) is 0 Å². The summed E-state index contributed by atoms with van der Waals surface area (Å²) >= 11 is 0. The van der Waals surface area contributed by atoms with E-state index in [1.807, 2.05) is 96.9 Å². The van der Waals surface area contributed by atoms with Gasteiger partial charge in [-0.05, 0) is 87.4 Å². The molecule has 0 radical (unpaired) electrons. The summed E-state index contributed by atoms with van der Waals surface area (Å²) in [6.45, 7) is 54.7. The quantitative estimate of drug-likeness (QED) is 0.299. The summed E-state index contributed by atoms with van der Waals surface area (Å²) in [6, 6.07) is 13.9. The molecular formula is C57H114N2. The summed E-state index contributed by atoms with van der Waals surface area (Å²) < 4.78 is 0. The van der Waals surface area contributed by atoms with E-state index in [1.54, 1.807) is 25.7 Å². The van der Waals surface area contributed by atoms with Crippen LogP contribution < -0.4 is 10.6 Å². The maximum atomic E-state index is 3.42. The first-order valence-electron chi connectivity index (χ1n) is 25.8. The minimum atomic E-state index is 0.270. The van der Waals surface area contributed by atoms with Gasteiger partial charge in [0.15, 0.2) is 0 Å². The van der Waals surface area contributed by atoms with Crippen LogP contribution >= 0.6 is 0 Å². The number of benzene rings is 2. The van der Waals surface area contributed by atoms with Crippen molar-refractivity contribution < 1.29 is 0 Å². The maximum Gasteiger partial charge on any atom is 0.0208 e. The molecule has 2 aromatic carbocycles. The van der Waals surface area contributed by atoms with Gasteiger partial charge in [0, 0.05) is 13.1 Å². The fourth-order valence-electron chi connectivity index (χ4n) is 7.10. The monoisotopic (exact) mass is 827 g/mol. The molecule has 59 heavy (non-hydrogen) atoms. The molecule has 0 amide bonds. The van der Waals surface area contributed by atoms with Gasteiger partial charge in [0.05, 0.1) is 0 Å². The van der Waals surface area contributed by atoms with Crippen LogP contribution in [0, 0.1) is 17.3 Å². The summed E-state index contributed by atoms with van der Waals surface area (Å²) in [5.41, 5.74) is 9.98. The second-order valence-electron chi connectivity index (χ2n) is 18.1. The molecule has 2 aliphatic carbocycles. The van der Waals surface area contributed by atoms with Gasteiger partial charge in [0.2, 0.25) is 0 Å². The van der Waals surface area contributed by atoms with Crippen LogP contribution in [0.5, 0.6) is 0 Å². The summed E-state index contributed by atoms with van der Waals surface area (Å²) in [7, 11) is 0. The molecule has 2 aliphatic heterocycles.